The highest BCUT2D eigenvalue weighted by Gasteiger charge is 2.35. The number of methoxy groups -OCH3 is 1. The zero-order chi connectivity index (χ0) is 22.0. The van der Waals surface area contributed by atoms with Gasteiger partial charge in [-0.05, 0) is 43.0 Å². The fourth-order valence-electron chi connectivity index (χ4n) is 3.75. The van der Waals surface area contributed by atoms with Crippen LogP contribution in [0.4, 0.5) is 5.69 Å². The Kier molecular flexibility index (Phi) is 6.27. The van der Waals surface area contributed by atoms with Crippen molar-refractivity contribution in [3.63, 3.8) is 0 Å². The van der Waals surface area contributed by atoms with Gasteiger partial charge in [-0.25, -0.2) is 15.0 Å². The molecule has 4 rings (SSSR count). The predicted octanol–water partition coefficient (Wildman–Crippen LogP) is 4.68. The van der Waals surface area contributed by atoms with Gasteiger partial charge in [-0.15, -0.1) is 0 Å². The van der Waals surface area contributed by atoms with Gasteiger partial charge < -0.3 is 9.30 Å². The minimum absolute atomic E-state index is 0.0715. The molecule has 1 fully saturated rings. The SMILES string of the molecule is COCCn1c(C)c(/C=C2\SC(=Nc3ccccc3)N(N(C)C)C2=O)c2ccccc21. The van der Waals surface area contributed by atoms with Gasteiger partial charge in [0, 0.05) is 49.9 Å². The smallest absolute Gasteiger partial charge is 0.281 e. The number of amidine groups is 1. The van der Waals surface area contributed by atoms with Crippen LogP contribution in [0.3, 0.4) is 0 Å². The molecule has 0 atom stereocenters. The first kappa shape index (κ1) is 21.4. The number of amides is 1. The number of aromatic nitrogens is 1. The fraction of sp³-hybridized carbons (Fsp3) is 0.250. The van der Waals surface area contributed by atoms with Crippen LogP contribution in [0.1, 0.15) is 11.3 Å². The number of para-hydroxylation sites is 2. The van der Waals surface area contributed by atoms with Crippen molar-refractivity contribution in [3.8, 4) is 0 Å². The van der Waals surface area contributed by atoms with Crippen LogP contribution in [-0.2, 0) is 16.1 Å². The van der Waals surface area contributed by atoms with Crippen LogP contribution < -0.4 is 0 Å². The molecular formula is C24H26N4O2S. The lowest BCUT2D eigenvalue weighted by atomic mass is 10.1. The molecule has 1 aromatic heterocycles. The van der Waals surface area contributed by atoms with Crippen molar-refractivity contribution in [2.45, 2.75) is 13.5 Å². The summed E-state index contributed by atoms with van der Waals surface area (Å²) in [4.78, 5) is 18.6. The topological polar surface area (TPSA) is 50.1 Å². The summed E-state index contributed by atoms with van der Waals surface area (Å²) in [6.45, 7) is 3.48. The molecule has 3 aromatic rings. The Labute approximate surface area is 186 Å². The van der Waals surface area contributed by atoms with Crippen molar-refractivity contribution < 1.29 is 9.53 Å². The first-order valence-electron chi connectivity index (χ1n) is 10.1. The number of carbonyl (C=O) groups excluding carboxylic acids is 1. The Morgan fingerprint density at radius 3 is 2.52 bits per heavy atom. The van der Waals surface area contributed by atoms with Gasteiger partial charge in [0.1, 0.15) is 0 Å². The molecule has 0 spiro atoms. The number of carbonyl (C=O) groups is 1. The second kappa shape index (κ2) is 9.09. The summed E-state index contributed by atoms with van der Waals surface area (Å²) < 4.78 is 7.55. The van der Waals surface area contributed by atoms with Gasteiger partial charge in [-0.1, -0.05) is 36.4 Å². The van der Waals surface area contributed by atoms with E-state index in [1.54, 1.807) is 17.1 Å². The van der Waals surface area contributed by atoms with E-state index in [-0.39, 0.29) is 5.91 Å². The Hall–Kier alpha value is -2.87. The number of nitrogens with zero attached hydrogens (tertiary/aromatic N) is 4. The Morgan fingerprint density at radius 1 is 1.10 bits per heavy atom. The number of ether oxygens (including phenoxy) is 1. The van der Waals surface area contributed by atoms with Gasteiger partial charge in [0.2, 0.25) is 0 Å². The zero-order valence-electron chi connectivity index (χ0n) is 18.2. The third kappa shape index (κ3) is 4.17. The second-order valence-corrected chi connectivity index (χ2v) is 8.47. The average molecular weight is 435 g/mol. The predicted molar refractivity (Wildman–Crippen MR) is 128 cm³/mol. The molecule has 1 amide bonds. The average Bonchev–Trinajstić information content (AvgIpc) is 3.21. The molecule has 2 heterocycles. The lowest BCUT2D eigenvalue weighted by Crippen LogP contribution is -2.40. The number of hydrazine groups is 1. The molecule has 31 heavy (non-hydrogen) atoms. The van der Waals surface area contributed by atoms with E-state index in [0.29, 0.717) is 16.7 Å². The van der Waals surface area contributed by atoms with Crippen LogP contribution in [0, 0.1) is 6.92 Å². The van der Waals surface area contributed by atoms with Crippen molar-refractivity contribution >= 4 is 45.5 Å². The number of rotatable bonds is 6. The quantitative estimate of drug-likeness (QED) is 0.529. The lowest BCUT2D eigenvalue weighted by molar-refractivity contribution is -0.130. The first-order valence-corrected chi connectivity index (χ1v) is 10.9. The van der Waals surface area contributed by atoms with E-state index in [0.717, 1.165) is 34.4 Å². The van der Waals surface area contributed by atoms with E-state index in [9.17, 15) is 4.79 Å². The Morgan fingerprint density at radius 2 is 1.81 bits per heavy atom. The van der Waals surface area contributed by atoms with Crippen LogP contribution in [0.15, 0.2) is 64.5 Å². The number of hydrogen-bond donors (Lipinski definition) is 0. The number of hydrogen-bond acceptors (Lipinski definition) is 5. The van der Waals surface area contributed by atoms with Crippen LogP contribution in [-0.4, -0.2) is 53.5 Å². The second-order valence-electron chi connectivity index (χ2n) is 7.47. The summed E-state index contributed by atoms with van der Waals surface area (Å²) in [5.74, 6) is -0.0715. The normalized spacial score (nSPS) is 17.1. The molecule has 160 valence electrons. The van der Waals surface area contributed by atoms with Crippen molar-refractivity contribution in [2.75, 3.05) is 27.8 Å². The monoisotopic (exact) mass is 434 g/mol. The van der Waals surface area contributed by atoms with Gasteiger partial charge >= 0.3 is 0 Å². The van der Waals surface area contributed by atoms with Crippen LogP contribution >= 0.6 is 11.8 Å². The van der Waals surface area contributed by atoms with Crippen LogP contribution in [0.2, 0.25) is 0 Å². The molecule has 0 saturated carbocycles. The molecular weight excluding hydrogens is 408 g/mol. The molecule has 1 aliphatic heterocycles. The number of aliphatic imine (C=N–C) groups is 1. The minimum Gasteiger partial charge on any atom is -0.383 e. The Bertz CT molecular complexity index is 1170. The van der Waals surface area contributed by atoms with E-state index in [2.05, 4.69) is 23.6 Å². The largest absolute Gasteiger partial charge is 0.383 e. The van der Waals surface area contributed by atoms with Crippen molar-refractivity contribution in [3.05, 3.63) is 70.8 Å². The van der Waals surface area contributed by atoms with Crippen molar-refractivity contribution in [1.29, 1.82) is 0 Å². The van der Waals surface area contributed by atoms with E-state index in [4.69, 9.17) is 9.73 Å². The minimum atomic E-state index is -0.0715. The van der Waals surface area contributed by atoms with E-state index in [1.165, 1.54) is 11.8 Å². The highest BCUT2D eigenvalue weighted by Crippen LogP contribution is 2.37. The first-order chi connectivity index (χ1) is 15.0. The number of benzene rings is 2. The molecule has 2 aromatic carbocycles. The standard InChI is InChI=1S/C24H26N4O2S/c1-17-20(19-12-8-9-13-21(19)27(17)14-15-30-4)16-22-23(29)28(26(2)3)24(31-22)25-18-10-6-5-7-11-18/h5-13,16H,14-15H2,1-4H3/b22-16-,25-24?. The molecule has 0 aliphatic carbocycles. The molecule has 1 saturated heterocycles. The summed E-state index contributed by atoms with van der Waals surface area (Å²) >= 11 is 1.40. The molecule has 0 bridgehead atoms. The summed E-state index contributed by atoms with van der Waals surface area (Å²) in [6.07, 6.45) is 2.00. The van der Waals surface area contributed by atoms with Crippen LogP contribution in [0.5, 0.6) is 0 Å². The third-order valence-electron chi connectivity index (χ3n) is 5.24. The molecule has 6 nitrogen and oxygen atoms in total. The summed E-state index contributed by atoms with van der Waals surface area (Å²) in [5, 5.41) is 5.16. The number of fused-ring (bicyclic) bond motifs is 1. The highest BCUT2D eigenvalue weighted by atomic mass is 32.2. The third-order valence-corrected chi connectivity index (χ3v) is 6.20. The summed E-state index contributed by atoms with van der Waals surface area (Å²) in [7, 11) is 5.41. The van der Waals surface area contributed by atoms with Gasteiger partial charge in [-0.3, -0.25) is 4.79 Å². The molecule has 0 N–H and O–H groups in total. The van der Waals surface area contributed by atoms with Gasteiger partial charge in [0.25, 0.3) is 5.91 Å². The van der Waals surface area contributed by atoms with E-state index >= 15 is 0 Å². The van der Waals surface area contributed by atoms with Gasteiger partial charge in [0.05, 0.1) is 17.2 Å². The zero-order valence-corrected chi connectivity index (χ0v) is 19.0. The maximum Gasteiger partial charge on any atom is 0.281 e. The maximum absolute atomic E-state index is 13.3. The van der Waals surface area contributed by atoms with Crippen molar-refractivity contribution in [2.24, 2.45) is 4.99 Å². The van der Waals surface area contributed by atoms with Crippen LogP contribution in [0.25, 0.3) is 17.0 Å². The lowest BCUT2D eigenvalue weighted by Gasteiger charge is -2.22. The van der Waals surface area contributed by atoms with E-state index in [1.807, 2.05) is 62.6 Å². The fourth-order valence-corrected chi connectivity index (χ4v) is 4.78. The number of thioether (sulfide) groups is 1. The Balaban J connectivity index is 1.79. The summed E-state index contributed by atoms with van der Waals surface area (Å²) in [5.41, 5.74) is 4.13. The molecule has 1 aliphatic rings. The maximum atomic E-state index is 13.3. The molecule has 0 radical (unpaired) electrons. The molecule has 7 heteroatoms. The highest BCUT2D eigenvalue weighted by molar-refractivity contribution is 8.18. The van der Waals surface area contributed by atoms with Gasteiger partial charge in [0.15, 0.2) is 5.17 Å². The summed E-state index contributed by atoms with van der Waals surface area (Å²) in [6, 6.07) is 18.0. The molecule has 0 unspecified atom stereocenters. The van der Waals surface area contributed by atoms with Crippen molar-refractivity contribution in [1.82, 2.24) is 14.6 Å². The van der Waals surface area contributed by atoms with E-state index < -0.39 is 0 Å². The van der Waals surface area contributed by atoms with Gasteiger partial charge in [-0.2, -0.15) is 0 Å².